The van der Waals surface area contributed by atoms with Gasteiger partial charge in [-0.25, -0.2) is 0 Å². The first-order chi connectivity index (χ1) is 13.6. The van der Waals surface area contributed by atoms with Crippen LogP contribution in [-0.4, -0.2) is 59.4 Å². The van der Waals surface area contributed by atoms with E-state index in [1.165, 1.54) is 41.5 Å². The first-order valence-electron chi connectivity index (χ1n) is 10.2. The Morgan fingerprint density at radius 1 is 1.43 bits per heavy atom. The Morgan fingerprint density at radius 3 is 2.89 bits per heavy atom. The zero-order chi connectivity index (χ0) is 19.9. The molecule has 1 saturated carbocycles. The van der Waals surface area contributed by atoms with Crippen LogP contribution in [0.15, 0.2) is 18.2 Å². The molecule has 3 fully saturated rings. The number of benzene rings is 1. The average molecular weight is 386 g/mol. The zero-order valence-electron chi connectivity index (χ0n) is 16.6. The number of aromatic nitrogens is 1. The standard InChI is InChI=1S/C21H28N2O2.CH2O2/c1-3-14-8-13-10-21(12-24)19-16(6-7-23(11-13)20(14)21)17-9-15(25-2)4-5-18(17)22-19;2-1-3/h4-5,9,13-14,20,22,24H,3,6-8,10-12H2,1-2H3;1H,(H,2,3)/t13-,14-,20?,21+;/m0./s1. The van der Waals surface area contributed by atoms with Crippen LogP contribution in [0.25, 0.3) is 10.9 Å². The van der Waals surface area contributed by atoms with Gasteiger partial charge in [-0.3, -0.25) is 9.69 Å². The molecule has 152 valence electrons. The number of fused-ring (bicyclic) bond motifs is 4. The van der Waals surface area contributed by atoms with Crippen LogP contribution < -0.4 is 4.74 Å². The summed E-state index contributed by atoms with van der Waals surface area (Å²) < 4.78 is 5.46. The van der Waals surface area contributed by atoms with Crippen LogP contribution in [0.2, 0.25) is 0 Å². The van der Waals surface area contributed by atoms with Crippen molar-refractivity contribution in [1.29, 1.82) is 0 Å². The summed E-state index contributed by atoms with van der Waals surface area (Å²) in [5.74, 6) is 2.33. The number of H-pyrrole nitrogens is 1. The Bertz CT molecular complexity index is 864. The normalized spacial score (nSPS) is 32.8. The quantitative estimate of drug-likeness (QED) is 0.707. The van der Waals surface area contributed by atoms with Crippen molar-refractivity contribution in [3.05, 3.63) is 29.5 Å². The highest BCUT2D eigenvalue weighted by Gasteiger charge is 2.57. The highest BCUT2D eigenvalue weighted by atomic mass is 16.5. The number of ether oxygens (including phenoxy) is 1. The predicted octanol–water partition coefficient (Wildman–Crippen LogP) is 2.78. The summed E-state index contributed by atoms with van der Waals surface area (Å²) >= 11 is 0. The maximum atomic E-state index is 10.7. The molecule has 28 heavy (non-hydrogen) atoms. The number of rotatable bonds is 3. The van der Waals surface area contributed by atoms with Crippen LogP contribution in [0.3, 0.4) is 0 Å². The van der Waals surface area contributed by atoms with E-state index < -0.39 is 0 Å². The van der Waals surface area contributed by atoms with Crippen LogP contribution in [0.5, 0.6) is 5.75 Å². The van der Waals surface area contributed by atoms with Gasteiger partial charge in [0.05, 0.1) is 13.7 Å². The maximum Gasteiger partial charge on any atom is 0.290 e. The highest BCUT2D eigenvalue weighted by Crippen LogP contribution is 2.54. The fourth-order valence-electron chi connectivity index (χ4n) is 6.36. The molecule has 5 atom stereocenters. The Labute approximate surface area is 165 Å². The second-order valence-electron chi connectivity index (χ2n) is 8.47. The van der Waals surface area contributed by atoms with E-state index in [0.717, 1.165) is 25.1 Å². The molecule has 1 aromatic heterocycles. The van der Waals surface area contributed by atoms with E-state index in [1.807, 2.05) is 6.07 Å². The molecule has 4 aliphatic rings. The maximum absolute atomic E-state index is 10.7. The Kier molecular flexibility index (Phi) is 5.10. The van der Waals surface area contributed by atoms with Crippen LogP contribution >= 0.6 is 0 Å². The molecule has 0 radical (unpaired) electrons. The molecule has 6 nitrogen and oxygen atoms in total. The summed E-state index contributed by atoms with van der Waals surface area (Å²) in [6.45, 7) is 4.64. The van der Waals surface area contributed by atoms with E-state index in [4.69, 9.17) is 14.6 Å². The summed E-state index contributed by atoms with van der Waals surface area (Å²) in [4.78, 5) is 14.8. The summed E-state index contributed by atoms with van der Waals surface area (Å²) in [5.41, 5.74) is 3.78. The van der Waals surface area contributed by atoms with Gasteiger partial charge in [0.1, 0.15) is 5.75 Å². The third-order valence-electron chi connectivity index (χ3n) is 7.25. The number of piperidine rings is 2. The predicted molar refractivity (Wildman–Crippen MR) is 108 cm³/mol. The second kappa shape index (κ2) is 7.41. The number of aliphatic hydroxyl groups excluding tert-OH is 1. The molecule has 2 aromatic rings. The van der Waals surface area contributed by atoms with Gasteiger partial charge < -0.3 is 19.9 Å². The van der Waals surface area contributed by atoms with Gasteiger partial charge in [-0.15, -0.1) is 0 Å². The van der Waals surface area contributed by atoms with Gasteiger partial charge in [-0.2, -0.15) is 0 Å². The molecule has 6 rings (SSSR count). The van der Waals surface area contributed by atoms with Crippen LogP contribution in [0.4, 0.5) is 0 Å². The molecular formula is C22H30N2O4. The SMILES string of the molecule is CC[C@H]1C[C@@H]2CN3CCc4c([nH]c5ccc(OC)cc45)[C@](CO)(C2)C13.O=CO. The summed E-state index contributed by atoms with van der Waals surface area (Å²) in [6, 6.07) is 6.79. The number of hydrogen-bond donors (Lipinski definition) is 3. The van der Waals surface area contributed by atoms with Crippen molar-refractivity contribution in [2.75, 3.05) is 26.8 Å². The zero-order valence-corrected chi connectivity index (χ0v) is 16.6. The molecule has 4 heterocycles. The molecule has 0 spiro atoms. The average Bonchev–Trinajstić information content (AvgIpc) is 3.06. The van der Waals surface area contributed by atoms with E-state index in [2.05, 4.69) is 28.9 Å². The minimum Gasteiger partial charge on any atom is -0.497 e. The summed E-state index contributed by atoms with van der Waals surface area (Å²) in [6.07, 6.45) is 4.73. The molecule has 6 heteroatoms. The molecule has 3 aliphatic heterocycles. The van der Waals surface area contributed by atoms with Crippen molar-refractivity contribution in [1.82, 2.24) is 9.88 Å². The Balaban J connectivity index is 0.000000604. The molecule has 1 aliphatic carbocycles. The lowest BCUT2D eigenvalue weighted by Gasteiger charge is -2.59. The molecule has 2 saturated heterocycles. The molecule has 1 aromatic carbocycles. The first kappa shape index (κ1) is 19.3. The van der Waals surface area contributed by atoms with Crippen molar-refractivity contribution in [2.24, 2.45) is 11.8 Å². The third kappa shape index (κ3) is 2.73. The van der Waals surface area contributed by atoms with E-state index in [1.54, 1.807) is 7.11 Å². The fraction of sp³-hybridized carbons (Fsp3) is 0.591. The minimum absolute atomic E-state index is 0.125. The molecule has 0 amide bonds. The third-order valence-corrected chi connectivity index (χ3v) is 7.25. The van der Waals surface area contributed by atoms with Gasteiger partial charge in [0.2, 0.25) is 0 Å². The van der Waals surface area contributed by atoms with Gasteiger partial charge in [-0.05, 0) is 54.9 Å². The topological polar surface area (TPSA) is 85.8 Å². The molecular weight excluding hydrogens is 356 g/mol. The number of hydrogen-bond acceptors (Lipinski definition) is 4. The van der Waals surface area contributed by atoms with Crippen LogP contribution in [0, 0.1) is 11.8 Å². The monoisotopic (exact) mass is 386 g/mol. The number of nitrogens with zero attached hydrogens (tertiary/aromatic N) is 1. The number of aromatic amines is 1. The van der Waals surface area contributed by atoms with Crippen LogP contribution in [0.1, 0.15) is 37.4 Å². The van der Waals surface area contributed by atoms with Crippen molar-refractivity contribution in [2.45, 2.75) is 44.1 Å². The van der Waals surface area contributed by atoms with Gasteiger partial charge >= 0.3 is 0 Å². The largest absolute Gasteiger partial charge is 0.497 e. The number of methoxy groups -OCH3 is 1. The number of aliphatic hydroxyl groups is 1. The highest BCUT2D eigenvalue weighted by molar-refractivity contribution is 5.87. The van der Waals surface area contributed by atoms with Gasteiger partial charge in [0.15, 0.2) is 0 Å². The van der Waals surface area contributed by atoms with E-state index in [-0.39, 0.29) is 18.5 Å². The Morgan fingerprint density at radius 2 is 2.21 bits per heavy atom. The second-order valence-corrected chi connectivity index (χ2v) is 8.47. The van der Waals surface area contributed by atoms with Crippen molar-refractivity contribution in [3.8, 4) is 5.75 Å². The molecule has 3 N–H and O–H groups in total. The smallest absolute Gasteiger partial charge is 0.290 e. The number of nitrogens with one attached hydrogen (secondary N) is 1. The lowest BCUT2D eigenvalue weighted by atomic mass is 9.57. The van der Waals surface area contributed by atoms with Gasteiger partial charge in [0.25, 0.3) is 6.47 Å². The van der Waals surface area contributed by atoms with Crippen molar-refractivity contribution >= 4 is 17.4 Å². The first-order valence-corrected chi connectivity index (χ1v) is 10.2. The minimum atomic E-state index is -0.250. The van der Waals surface area contributed by atoms with Gasteiger partial charge in [-0.1, -0.05) is 13.3 Å². The summed E-state index contributed by atoms with van der Waals surface area (Å²) in [7, 11) is 1.73. The van der Waals surface area contributed by atoms with E-state index >= 15 is 0 Å². The number of carbonyl (C=O) groups is 1. The lowest BCUT2D eigenvalue weighted by Crippen LogP contribution is -2.65. The molecule has 2 unspecified atom stereocenters. The Hall–Kier alpha value is -2.05. The molecule has 4 bridgehead atoms. The number of carboxylic acid groups (broad SMARTS) is 1. The summed E-state index contributed by atoms with van der Waals surface area (Å²) in [5, 5.41) is 18.8. The van der Waals surface area contributed by atoms with E-state index in [0.29, 0.717) is 17.9 Å². The van der Waals surface area contributed by atoms with Crippen LogP contribution in [-0.2, 0) is 16.6 Å². The van der Waals surface area contributed by atoms with Crippen molar-refractivity contribution < 1.29 is 19.7 Å². The van der Waals surface area contributed by atoms with E-state index in [9.17, 15) is 5.11 Å². The van der Waals surface area contributed by atoms with Gasteiger partial charge in [0, 0.05) is 41.1 Å². The lowest BCUT2D eigenvalue weighted by molar-refractivity contribution is -0.122. The van der Waals surface area contributed by atoms with Crippen molar-refractivity contribution in [3.63, 3.8) is 0 Å². The fourth-order valence-corrected chi connectivity index (χ4v) is 6.36.